The van der Waals surface area contributed by atoms with E-state index in [4.69, 9.17) is 14.2 Å². The molecule has 0 aliphatic heterocycles. The van der Waals surface area contributed by atoms with Crippen molar-refractivity contribution in [3.63, 3.8) is 0 Å². The molecule has 0 aliphatic carbocycles. The molecule has 6 nitrogen and oxygen atoms in total. The van der Waals surface area contributed by atoms with Crippen LogP contribution in [0.1, 0.15) is 12.0 Å². The highest BCUT2D eigenvalue weighted by molar-refractivity contribution is 5.94. The number of aryl methyl sites for hydroxylation is 1. The Morgan fingerprint density at radius 2 is 1.55 bits per heavy atom. The minimum atomic E-state index is -4.36. The molecule has 9 heteroatoms. The van der Waals surface area contributed by atoms with E-state index in [1.807, 2.05) is 0 Å². The zero-order valence-corrected chi connectivity index (χ0v) is 16.4. The van der Waals surface area contributed by atoms with Gasteiger partial charge in [0.05, 0.1) is 32.7 Å². The third kappa shape index (κ3) is 6.48. The fourth-order valence-corrected chi connectivity index (χ4v) is 2.69. The van der Waals surface area contributed by atoms with Gasteiger partial charge in [-0.1, -0.05) is 12.1 Å². The van der Waals surface area contributed by atoms with Crippen LogP contribution in [0.4, 0.5) is 24.5 Å². The van der Waals surface area contributed by atoms with Gasteiger partial charge in [0.2, 0.25) is 11.7 Å². The molecule has 1 amide bonds. The van der Waals surface area contributed by atoms with Crippen LogP contribution in [-0.4, -0.2) is 40.0 Å². The quantitative estimate of drug-likeness (QED) is 0.644. The Hall–Kier alpha value is -3.10. The van der Waals surface area contributed by atoms with E-state index < -0.39 is 12.7 Å². The summed E-state index contributed by atoms with van der Waals surface area (Å²) in [6.45, 7) is -1.19. The van der Waals surface area contributed by atoms with Crippen molar-refractivity contribution in [2.24, 2.45) is 0 Å². The van der Waals surface area contributed by atoms with Crippen LogP contribution in [0.5, 0.6) is 17.2 Å². The molecule has 29 heavy (non-hydrogen) atoms. The number of ether oxygens (including phenoxy) is 3. The maximum atomic E-state index is 12.4. The summed E-state index contributed by atoms with van der Waals surface area (Å²) < 4.78 is 53.2. The molecule has 0 radical (unpaired) electrons. The molecule has 2 aromatic rings. The van der Waals surface area contributed by atoms with Gasteiger partial charge >= 0.3 is 6.18 Å². The standard InChI is InChI=1S/C20H23F3N2O4/c1-27-16-10-13(11-17(28-2)19(16)29-3)8-9-18(26)25-15-7-5-4-6-14(15)24-12-20(21,22)23/h4-7,10-11,24H,8-9,12H2,1-3H3,(H,25,26). The lowest BCUT2D eigenvalue weighted by atomic mass is 10.1. The van der Waals surface area contributed by atoms with E-state index in [0.29, 0.717) is 23.7 Å². The van der Waals surface area contributed by atoms with Crippen LogP contribution in [-0.2, 0) is 11.2 Å². The zero-order valence-electron chi connectivity index (χ0n) is 16.4. The summed E-state index contributed by atoms with van der Waals surface area (Å²) in [5.74, 6) is 1.07. The van der Waals surface area contributed by atoms with Crippen molar-refractivity contribution in [2.75, 3.05) is 38.5 Å². The van der Waals surface area contributed by atoms with Crippen molar-refractivity contribution < 1.29 is 32.2 Å². The number of carbonyl (C=O) groups is 1. The second-order valence-corrected chi connectivity index (χ2v) is 6.10. The van der Waals surface area contributed by atoms with Crippen LogP contribution >= 0.6 is 0 Å². The highest BCUT2D eigenvalue weighted by atomic mass is 19.4. The molecule has 0 bridgehead atoms. The van der Waals surface area contributed by atoms with Gasteiger partial charge < -0.3 is 24.8 Å². The number of amides is 1. The Labute approximate surface area is 167 Å². The molecule has 0 unspecified atom stereocenters. The van der Waals surface area contributed by atoms with E-state index in [2.05, 4.69) is 10.6 Å². The fraction of sp³-hybridized carbons (Fsp3) is 0.350. The van der Waals surface area contributed by atoms with E-state index in [0.717, 1.165) is 5.56 Å². The molecule has 0 aromatic heterocycles. The highest BCUT2D eigenvalue weighted by Crippen LogP contribution is 2.38. The maximum Gasteiger partial charge on any atom is 0.405 e. The second-order valence-electron chi connectivity index (χ2n) is 6.10. The van der Waals surface area contributed by atoms with Gasteiger partial charge in [-0.15, -0.1) is 0 Å². The molecule has 0 fully saturated rings. The molecule has 2 rings (SSSR count). The molecule has 2 N–H and O–H groups in total. The summed E-state index contributed by atoms with van der Waals surface area (Å²) in [6, 6.07) is 9.72. The Morgan fingerprint density at radius 1 is 0.966 bits per heavy atom. The van der Waals surface area contributed by atoms with Gasteiger partial charge in [-0.2, -0.15) is 13.2 Å². The summed E-state index contributed by atoms with van der Waals surface area (Å²) in [7, 11) is 4.50. The highest BCUT2D eigenvalue weighted by Gasteiger charge is 2.27. The number of alkyl halides is 3. The van der Waals surface area contributed by atoms with Crippen molar-refractivity contribution >= 4 is 17.3 Å². The Kier molecular flexibility index (Phi) is 7.58. The number of rotatable bonds is 9. The van der Waals surface area contributed by atoms with Gasteiger partial charge in [-0.25, -0.2) is 0 Å². The van der Waals surface area contributed by atoms with Gasteiger partial charge in [0.1, 0.15) is 6.54 Å². The van der Waals surface area contributed by atoms with Crippen molar-refractivity contribution in [1.82, 2.24) is 0 Å². The van der Waals surface area contributed by atoms with Gasteiger partial charge in [-0.3, -0.25) is 4.79 Å². The maximum absolute atomic E-state index is 12.4. The van der Waals surface area contributed by atoms with E-state index in [1.54, 1.807) is 24.3 Å². The lowest BCUT2D eigenvalue weighted by Gasteiger charge is -2.15. The van der Waals surface area contributed by atoms with E-state index in [1.165, 1.54) is 33.5 Å². The smallest absolute Gasteiger partial charge is 0.405 e. The van der Waals surface area contributed by atoms with Crippen molar-refractivity contribution in [1.29, 1.82) is 0 Å². The first kappa shape index (κ1) is 22.2. The number of hydrogen-bond acceptors (Lipinski definition) is 5. The topological polar surface area (TPSA) is 68.8 Å². The average Bonchev–Trinajstić information content (AvgIpc) is 2.70. The number of methoxy groups -OCH3 is 3. The number of benzene rings is 2. The summed E-state index contributed by atoms with van der Waals surface area (Å²) in [6.07, 6.45) is -3.86. The molecule has 0 heterocycles. The van der Waals surface area contributed by atoms with Crippen LogP contribution in [0.15, 0.2) is 36.4 Å². The summed E-state index contributed by atoms with van der Waals surface area (Å²) in [4.78, 5) is 12.3. The van der Waals surface area contributed by atoms with Crippen molar-refractivity contribution in [3.8, 4) is 17.2 Å². The van der Waals surface area contributed by atoms with Crippen molar-refractivity contribution in [2.45, 2.75) is 19.0 Å². The first-order chi connectivity index (χ1) is 13.8. The van der Waals surface area contributed by atoms with Crippen LogP contribution in [0.25, 0.3) is 0 Å². The number of anilines is 2. The van der Waals surface area contributed by atoms with Crippen LogP contribution < -0.4 is 24.8 Å². The minimum Gasteiger partial charge on any atom is -0.493 e. The van der Waals surface area contributed by atoms with Gasteiger partial charge in [0.25, 0.3) is 0 Å². The first-order valence-corrected chi connectivity index (χ1v) is 8.75. The molecule has 0 saturated carbocycles. The van der Waals surface area contributed by atoms with Gasteiger partial charge in [0, 0.05) is 6.42 Å². The minimum absolute atomic E-state index is 0.117. The molecule has 0 spiro atoms. The Morgan fingerprint density at radius 3 is 2.07 bits per heavy atom. The largest absolute Gasteiger partial charge is 0.493 e. The van der Waals surface area contributed by atoms with Gasteiger partial charge in [0.15, 0.2) is 11.5 Å². The first-order valence-electron chi connectivity index (χ1n) is 8.75. The zero-order chi connectivity index (χ0) is 21.4. The third-order valence-electron chi connectivity index (χ3n) is 4.05. The van der Waals surface area contributed by atoms with Crippen LogP contribution in [0.2, 0.25) is 0 Å². The second kappa shape index (κ2) is 9.90. The molecule has 0 saturated heterocycles. The number of para-hydroxylation sites is 2. The summed E-state index contributed by atoms with van der Waals surface area (Å²) in [5.41, 5.74) is 1.27. The summed E-state index contributed by atoms with van der Waals surface area (Å²) in [5, 5.41) is 4.93. The van der Waals surface area contributed by atoms with E-state index in [9.17, 15) is 18.0 Å². The molecule has 2 aromatic carbocycles. The number of carbonyl (C=O) groups excluding carboxylic acids is 1. The lowest BCUT2D eigenvalue weighted by Crippen LogP contribution is -2.22. The monoisotopic (exact) mass is 412 g/mol. The van der Waals surface area contributed by atoms with E-state index >= 15 is 0 Å². The fourth-order valence-electron chi connectivity index (χ4n) is 2.69. The SMILES string of the molecule is COc1cc(CCC(=O)Nc2ccccc2NCC(F)(F)F)cc(OC)c1OC. The molecular weight excluding hydrogens is 389 g/mol. The summed E-state index contributed by atoms with van der Waals surface area (Å²) >= 11 is 0. The molecule has 0 aliphatic rings. The average molecular weight is 412 g/mol. The Bertz CT molecular complexity index is 816. The molecule has 158 valence electrons. The van der Waals surface area contributed by atoms with E-state index in [-0.39, 0.29) is 23.7 Å². The predicted octanol–water partition coefficient (Wildman–Crippen LogP) is 4.26. The van der Waals surface area contributed by atoms with Crippen molar-refractivity contribution in [3.05, 3.63) is 42.0 Å². The number of hydrogen-bond donors (Lipinski definition) is 2. The number of nitrogens with one attached hydrogen (secondary N) is 2. The van der Waals surface area contributed by atoms with Gasteiger partial charge in [-0.05, 0) is 36.2 Å². The normalized spacial score (nSPS) is 11.0. The Balaban J connectivity index is 2.04. The van der Waals surface area contributed by atoms with Crippen LogP contribution in [0, 0.1) is 0 Å². The number of halogens is 3. The predicted molar refractivity (Wildman–Crippen MR) is 104 cm³/mol. The molecule has 0 atom stereocenters. The molecular formula is C20H23F3N2O4. The van der Waals surface area contributed by atoms with Crippen LogP contribution in [0.3, 0.4) is 0 Å². The lowest BCUT2D eigenvalue weighted by molar-refractivity contribution is -0.116. The third-order valence-corrected chi connectivity index (χ3v) is 4.05.